The Labute approximate surface area is 251 Å². The summed E-state index contributed by atoms with van der Waals surface area (Å²) in [5, 5.41) is 2.81. The van der Waals surface area contributed by atoms with Crippen LogP contribution in [-0.4, -0.2) is 102 Å². The number of nitrogens with zero attached hydrogens (tertiary/aromatic N) is 5. The Morgan fingerprint density at radius 1 is 0.953 bits per heavy atom. The number of hydrogen-bond acceptors (Lipinski definition) is 9. The molecule has 2 saturated heterocycles. The molecule has 230 valence electrons. The van der Waals surface area contributed by atoms with E-state index < -0.39 is 11.9 Å². The number of benzene rings is 1. The van der Waals surface area contributed by atoms with Crippen molar-refractivity contribution >= 4 is 29.7 Å². The van der Waals surface area contributed by atoms with E-state index in [9.17, 15) is 19.2 Å². The number of unbranched alkanes of at least 4 members (excludes halogenated alkanes) is 1. The van der Waals surface area contributed by atoms with Gasteiger partial charge in [0.25, 0.3) is 5.91 Å². The number of esters is 1. The van der Waals surface area contributed by atoms with Crippen LogP contribution in [-0.2, 0) is 19.1 Å². The van der Waals surface area contributed by atoms with Gasteiger partial charge in [0.1, 0.15) is 17.6 Å². The van der Waals surface area contributed by atoms with Crippen molar-refractivity contribution in [1.82, 2.24) is 25.1 Å². The maximum atomic E-state index is 13.4. The molecule has 1 N–H and O–H groups in total. The fourth-order valence-electron chi connectivity index (χ4n) is 5.84. The predicted molar refractivity (Wildman–Crippen MR) is 158 cm³/mol. The van der Waals surface area contributed by atoms with E-state index in [0.717, 1.165) is 18.4 Å². The third-order valence-electron chi connectivity index (χ3n) is 8.35. The molecule has 3 heterocycles. The van der Waals surface area contributed by atoms with Crippen molar-refractivity contribution in [2.75, 3.05) is 57.4 Å². The lowest BCUT2D eigenvalue weighted by Gasteiger charge is -2.35. The number of amides is 3. The van der Waals surface area contributed by atoms with Crippen molar-refractivity contribution in [3.63, 3.8) is 0 Å². The molecule has 1 aromatic carbocycles. The number of nitrogens with one attached hydrogen (secondary N) is 1. The van der Waals surface area contributed by atoms with E-state index in [2.05, 4.69) is 15.2 Å². The molecule has 1 saturated carbocycles. The Kier molecular flexibility index (Phi) is 9.42. The van der Waals surface area contributed by atoms with E-state index >= 15 is 0 Å². The van der Waals surface area contributed by atoms with Crippen LogP contribution in [0.5, 0.6) is 0 Å². The van der Waals surface area contributed by atoms with Crippen LogP contribution < -0.4 is 10.2 Å². The second-order valence-electron chi connectivity index (χ2n) is 11.3. The highest BCUT2D eigenvalue weighted by atomic mass is 16.6. The molecule has 0 bridgehead atoms. The Morgan fingerprint density at radius 2 is 1.63 bits per heavy atom. The van der Waals surface area contributed by atoms with Crippen molar-refractivity contribution < 1.29 is 28.7 Å². The van der Waals surface area contributed by atoms with E-state index in [1.807, 2.05) is 44.2 Å². The van der Waals surface area contributed by atoms with E-state index in [0.29, 0.717) is 64.1 Å². The highest BCUT2D eigenvalue weighted by Crippen LogP contribution is 2.53. The molecule has 1 aromatic heterocycles. The third kappa shape index (κ3) is 6.89. The molecule has 2 aliphatic heterocycles. The Morgan fingerprint density at radius 3 is 2.28 bits per heavy atom. The summed E-state index contributed by atoms with van der Waals surface area (Å²) in [6.45, 7) is 9.02. The van der Waals surface area contributed by atoms with Gasteiger partial charge in [-0.2, -0.15) is 0 Å². The highest BCUT2D eigenvalue weighted by Gasteiger charge is 2.60. The number of carbonyl (C=O) groups excluding carboxylic acids is 4. The molecule has 3 aliphatic rings. The summed E-state index contributed by atoms with van der Waals surface area (Å²) in [5.41, 5.74) is 0.924. The fourth-order valence-corrected chi connectivity index (χ4v) is 5.84. The number of aromatic nitrogens is 2. The molecule has 3 amide bonds. The van der Waals surface area contributed by atoms with Crippen LogP contribution in [0, 0.1) is 17.8 Å². The van der Waals surface area contributed by atoms with Crippen molar-refractivity contribution in [3.8, 4) is 11.4 Å². The van der Waals surface area contributed by atoms with Crippen LogP contribution in [0.2, 0.25) is 0 Å². The number of piperidine rings is 1. The molecule has 0 spiro atoms. The van der Waals surface area contributed by atoms with Gasteiger partial charge in [0.2, 0.25) is 5.91 Å². The quantitative estimate of drug-likeness (QED) is 0.326. The lowest BCUT2D eigenvalue weighted by molar-refractivity contribution is -0.145. The lowest BCUT2D eigenvalue weighted by atomic mass is 10.2. The first-order valence-corrected chi connectivity index (χ1v) is 15.2. The largest absolute Gasteiger partial charge is 0.466 e. The predicted octanol–water partition coefficient (Wildman–Crippen LogP) is 2.59. The van der Waals surface area contributed by atoms with Crippen molar-refractivity contribution in [1.29, 1.82) is 0 Å². The zero-order chi connectivity index (χ0) is 30.5. The molecule has 12 heteroatoms. The van der Waals surface area contributed by atoms with Gasteiger partial charge in [0.05, 0.1) is 19.1 Å². The van der Waals surface area contributed by atoms with Gasteiger partial charge in [-0.3, -0.25) is 14.4 Å². The number of fused-ring (bicyclic) bond motifs is 1. The molecule has 4 atom stereocenters. The van der Waals surface area contributed by atoms with Crippen molar-refractivity contribution in [3.05, 3.63) is 42.1 Å². The Hall–Kier alpha value is -4.22. The topological polar surface area (TPSA) is 134 Å². The fraction of sp³-hybridized carbons (Fsp3) is 0.548. The minimum absolute atomic E-state index is 0.0742. The molecular formula is C31H40N6O6. The number of hydrogen-bond donors (Lipinski definition) is 1. The van der Waals surface area contributed by atoms with Gasteiger partial charge >= 0.3 is 12.1 Å². The smallest absolute Gasteiger partial charge is 0.409 e. The first-order valence-electron chi connectivity index (χ1n) is 15.2. The SMILES string of the molecule is CCCCOC(=O)N1CCN(C(=O)[C@H](C)NC(=O)c2cc(N3C[C@@H]4C(C(=O)OCC)[C@@H]4C3)nc(-c3ccccc3)n2)CC1. The summed E-state index contributed by atoms with van der Waals surface area (Å²) in [7, 11) is 0. The highest BCUT2D eigenvalue weighted by molar-refractivity contribution is 5.97. The molecule has 43 heavy (non-hydrogen) atoms. The normalized spacial score (nSPS) is 21.6. The summed E-state index contributed by atoms with van der Waals surface area (Å²) in [4.78, 5) is 65.7. The molecule has 3 fully saturated rings. The van der Waals surface area contributed by atoms with Gasteiger partial charge in [-0.05, 0) is 32.1 Å². The molecule has 2 aromatic rings. The van der Waals surface area contributed by atoms with Crippen LogP contribution in [0.1, 0.15) is 44.1 Å². The molecule has 12 nitrogen and oxygen atoms in total. The van der Waals surface area contributed by atoms with Gasteiger partial charge in [0, 0.05) is 50.9 Å². The first-order chi connectivity index (χ1) is 20.8. The second-order valence-corrected chi connectivity index (χ2v) is 11.3. The van der Waals surface area contributed by atoms with E-state index in [-0.39, 0.29) is 41.4 Å². The van der Waals surface area contributed by atoms with Gasteiger partial charge in [-0.1, -0.05) is 43.7 Å². The number of rotatable bonds is 10. The maximum absolute atomic E-state index is 13.4. The third-order valence-corrected chi connectivity index (χ3v) is 8.35. The molecule has 1 unspecified atom stereocenters. The zero-order valence-corrected chi connectivity index (χ0v) is 25.0. The van der Waals surface area contributed by atoms with Crippen LogP contribution in [0.25, 0.3) is 11.4 Å². The minimum atomic E-state index is -0.793. The summed E-state index contributed by atoms with van der Waals surface area (Å²) in [5.74, 6) is 0.516. The maximum Gasteiger partial charge on any atom is 0.409 e. The van der Waals surface area contributed by atoms with E-state index in [1.54, 1.807) is 22.8 Å². The lowest BCUT2D eigenvalue weighted by Crippen LogP contribution is -2.55. The van der Waals surface area contributed by atoms with Crippen molar-refractivity contribution in [2.24, 2.45) is 17.8 Å². The number of carbonyl (C=O) groups is 4. The van der Waals surface area contributed by atoms with E-state index in [4.69, 9.17) is 14.5 Å². The first kappa shape index (κ1) is 30.2. The number of piperazine rings is 1. The van der Waals surface area contributed by atoms with Gasteiger partial charge in [-0.25, -0.2) is 14.8 Å². The van der Waals surface area contributed by atoms with E-state index in [1.165, 1.54) is 0 Å². The molecule has 1 aliphatic carbocycles. The van der Waals surface area contributed by atoms with Crippen LogP contribution in [0.4, 0.5) is 10.6 Å². The zero-order valence-electron chi connectivity index (χ0n) is 25.0. The monoisotopic (exact) mass is 592 g/mol. The average Bonchev–Trinajstić information content (AvgIpc) is 3.54. The Balaban J connectivity index is 1.23. The van der Waals surface area contributed by atoms with Crippen LogP contribution in [0.15, 0.2) is 36.4 Å². The molecule has 5 rings (SSSR count). The van der Waals surface area contributed by atoms with Crippen LogP contribution in [0.3, 0.4) is 0 Å². The standard InChI is InChI=1S/C31H40N6O6/c1-4-6-16-43-31(41)36-14-12-35(13-15-36)29(39)20(3)32-28(38)24-17-25(34-27(33-24)21-10-8-7-9-11-21)37-18-22-23(19-37)26(22)30(40)42-5-2/h7-11,17,20,22-23,26H,4-6,12-16,18-19H2,1-3H3,(H,32,38)/t20-,22-,23+,26?/m0/s1. The summed E-state index contributed by atoms with van der Waals surface area (Å²) in [6, 6.07) is 10.3. The van der Waals surface area contributed by atoms with Gasteiger partial charge in [0.15, 0.2) is 5.82 Å². The second kappa shape index (κ2) is 13.4. The van der Waals surface area contributed by atoms with Gasteiger partial charge < -0.3 is 29.5 Å². The van der Waals surface area contributed by atoms with Crippen molar-refractivity contribution in [2.45, 2.75) is 39.7 Å². The Bertz CT molecular complexity index is 1320. The number of anilines is 1. The average molecular weight is 593 g/mol. The van der Waals surface area contributed by atoms with Crippen LogP contribution >= 0.6 is 0 Å². The number of ether oxygens (including phenoxy) is 2. The molecule has 0 radical (unpaired) electrons. The molecular weight excluding hydrogens is 552 g/mol. The minimum Gasteiger partial charge on any atom is -0.466 e. The summed E-state index contributed by atoms with van der Waals surface area (Å²) in [6.07, 6.45) is 1.40. The summed E-state index contributed by atoms with van der Waals surface area (Å²) >= 11 is 0. The summed E-state index contributed by atoms with van der Waals surface area (Å²) < 4.78 is 10.5. The van der Waals surface area contributed by atoms with Gasteiger partial charge in [-0.15, -0.1) is 0 Å².